The summed E-state index contributed by atoms with van der Waals surface area (Å²) in [6.45, 7) is 5.36. The highest BCUT2D eigenvalue weighted by atomic mass is 32.2. The van der Waals surface area contributed by atoms with Crippen LogP contribution in [0.25, 0.3) is 0 Å². The van der Waals surface area contributed by atoms with Crippen LogP contribution in [0.3, 0.4) is 0 Å². The molecular formula is C25H38N2O7S2. The minimum atomic E-state index is -4.35. The second-order valence-corrected chi connectivity index (χ2v) is 13.0. The van der Waals surface area contributed by atoms with Gasteiger partial charge in [-0.2, -0.15) is 0 Å². The molecular weight excluding hydrogens is 504 g/mol. The Morgan fingerprint density at radius 2 is 1.86 bits per heavy atom. The van der Waals surface area contributed by atoms with E-state index in [2.05, 4.69) is 0 Å². The summed E-state index contributed by atoms with van der Waals surface area (Å²) in [5.74, 6) is 0.237. The van der Waals surface area contributed by atoms with E-state index in [4.69, 9.17) is 19.8 Å². The van der Waals surface area contributed by atoms with Crippen LogP contribution in [0.2, 0.25) is 0 Å². The lowest BCUT2D eigenvalue weighted by molar-refractivity contribution is 0.0384. The number of aliphatic hydroxyl groups is 1. The van der Waals surface area contributed by atoms with Gasteiger partial charge in [0.05, 0.1) is 12.7 Å². The van der Waals surface area contributed by atoms with Gasteiger partial charge in [0, 0.05) is 19.6 Å². The first-order chi connectivity index (χ1) is 16.9. The van der Waals surface area contributed by atoms with E-state index < -0.39 is 37.3 Å². The Labute approximate surface area is 214 Å². The molecule has 0 spiro atoms. The fourth-order valence-electron chi connectivity index (χ4n) is 4.72. The number of hydrogen-bond donors (Lipinski definition) is 3. The first kappa shape index (κ1) is 28.8. The predicted octanol–water partition coefficient (Wildman–Crippen LogP) is 2.34. The molecule has 2 aliphatic rings. The van der Waals surface area contributed by atoms with Crippen molar-refractivity contribution in [2.75, 3.05) is 19.8 Å². The number of benzene rings is 1. The highest BCUT2D eigenvalue weighted by molar-refractivity contribution is 7.93. The third kappa shape index (κ3) is 6.56. The summed E-state index contributed by atoms with van der Waals surface area (Å²) >= 11 is 0. The van der Waals surface area contributed by atoms with Gasteiger partial charge in [-0.05, 0) is 67.2 Å². The van der Waals surface area contributed by atoms with Gasteiger partial charge >= 0.3 is 0 Å². The molecule has 36 heavy (non-hydrogen) atoms. The molecule has 0 saturated carbocycles. The third-order valence-corrected chi connectivity index (χ3v) is 9.67. The third-order valence-electron chi connectivity index (χ3n) is 7.12. The SMILES string of the molecule is CCc1ccc(C2(S(N)(=O)=O)C=CC(OCC3CCOCC3)=C(S(N)(=O)=O)C2)c(CCC(O)CC)c1. The van der Waals surface area contributed by atoms with E-state index in [9.17, 15) is 21.9 Å². The lowest BCUT2D eigenvalue weighted by Crippen LogP contribution is -2.43. The number of rotatable bonds is 11. The van der Waals surface area contributed by atoms with Gasteiger partial charge in [0.2, 0.25) is 20.0 Å². The standard InChI is InChI=1S/C25H38N2O7S2/c1-3-18-5-8-22(20(15-18)6-7-21(28)4-2)25(36(27,31)32)12-9-23(24(16-25)35(26,29)30)34-17-19-10-13-33-14-11-19/h5,8-9,12,15,19,21,28H,3-4,6-7,10-11,13-14,16-17H2,1-2H3,(H2,26,29,30)(H2,27,31,32). The molecule has 1 fully saturated rings. The van der Waals surface area contributed by atoms with Gasteiger partial charge in [0.1, 0.15) is 15.4 Å². The molecule has 2 atom stereocenters. The number of hydrogen-bond acceptors (Lipinski definition) is 7. The smallest absolute Gasteiger partial charge is 0.237 e. The van der Waals surface area contributed by atoms with Crippen molar-refractivity contribution in [1.82, 2.24) is 0 Å². The van der Waals surface area contributed by atoms with Crippen molar-refractivity contribution in [3.05, 3.63) is 57.7 Å². The molecule has 0 radical (unpaired) electrons. The number of nitrogens with two attached hydrogens (primary N) is 2. The fourth-order valence-corrected chi connectivity index (χ4v) is 6.76. The molecule has 11 heteroatoms. The number of ether oxygens (including phenoxy) is 2. The Kier molecular flexibility index (Phi) is 9.40. The van der Waals surface area contributed by atoms with Gasteiger partial charge in [-0.1, -0.05) is 38.1 Å². The van der Waals surface area contributed by atoms with E-state index in [0.717, 1.165) is 24.8 Å². The van der Waals surface area contributed by atoms with Gasteiger partial charge in [0.15, 0.2) is 0 Å². The average molecular weight is 543 g/mol. The summed E-state index contributed by atoms with van der Waals surface area (Å²) in [5, 5.41) is 21.5. The number of aryl methyl sites for hydroxylation is 2. The molecule has 5 N–H and O–H groups in total. The van der Waals surface area contributed by atoms with E-state index in [1.165, 1.54) is 12.2 Å². The molecule has 1 aromatic rings. The van der Waals surface area contributed by atoms with E-state index in [-0.39, 0.29) is 23.2 Å². The van der Waals surface area contributed by atoms with Crippen molar-refractivity contribution < 1.29 is 31.4 Å². The van der Waals surface area contributed by atoms with Crippen molar-refractivity contribution in [1.29, 1.82) is 0 Å². The molecule has 3 rings (SSSR count). The maximum atomic E-state index is 13.2. The monoisotopic (exact) mass is 542 g/mol. The molecule has 0 bridgehead atoms. The van der Waals surface area contributed by atoms with Gasteiger partial charge in [-0.25, -0.2) is 27.1 Å². The summed E-state index contributed by atoms with van der Waals surface area (Å²) in [5.41, 5.74) is 2.07. The zero-order chi connectivity index (χ0) is 26.6. The largest absolute Gasteiger partial charge is 0.492 e. The molecule has 1 heterocycles. The molecule has 0 aromatic heterocycles. The Hall–Kier alpha value is -1.76. The lowest BCUT2D eigenvalue weighted by Gasteiger charge is -2.35. The molecule has 1 aliphatic carbocycles. The lowest BCUT2D eigenvalue weighted by atomic mass is 9.84. The minimum Gasteiger partial charge on any atom is -0.492 e. The number of allylic oxidation sites excluding steroid dienone is 2. The fraction of sp³-hybridized carbons (Fsp3) is 0.600. The van der Waals surface area contributed by atoms with E-state index in [1.54, 1.807) is 6.07 Å². The van der Waals surface area contributed by atoms with E-state index in [0.29, 0.717) is 43.6 Å². The van der Waals surface area contributed by atoms with Crippen LogP contribution in [0.5, 0.6) is 0 Å². The van der Waals surface area contributed by atoms with Crippen LogP contribution in [0.4, 0.5) is 0 Å². The van der Waals surface area contributed by atoms with Gasteiger partial charge in [-0.3, -0.25) is 0 Å². The second-order valence-electron chi connectivity index (χ2n) is 9.59. The molecule has 2 unspecified atom stereocenters. The molecule has 1 aliphatic heterocycles. The van der Waals surface area contributed by atoms with E-state index >= 15 is 0 Å². The van der Waals surface area contributed by atoms with Crippen molar-refractivity contribution in [3.8, 4) is 0 Å². The summed E-state index contributed by atoms with van der Waals surface area (Å²) < 4.78 is 61.0. The normalized spacial score (nSPS) is 22.6. The zero-order valence-corrected chi connectivity index (χ0v) is 22.6. The molecule has 0 amide bonds. The summed E-state index contributed by atoms with van der Waals surface area (Å²) in [7, 11) is -8.66. The predicted molar refractivity (Wildman–Crippen MR) is 139 cm³/mol. The molecule has 9 nitrogen and oxygen atoms in total. The minimum absolute atomic E-state index is 0.0383. The van der Waals surface area contributed by atoms with Crippen molar-refractivity contribution in [3.63, 3.8) is 0 Å². The molecule has 1 saturated heterocycles. The molecule has 202 valence electrons. The topological polar surface area (TPSA) is 159 Å². The number of sulfonamides is 2. The number of aliphatic hydroxyl groups excluding tert-OH is 1. The Morgan fingerprint density at radius 3 is 2.44 bits per heavy atom. The maximum Gasteiger partial charge on any atom is 0.237 e. The van der Waals surface area contributed by atoms with Crippen LogP contribution in [-0.4, -0.2) is 47.9 Å². The first-order valence-corrected chi connectivity index (χ1v) is 15.5. The van der Waals surface area contributed by atoms with Crippen LogP contribution in [0, 0.1) is 5.92 Å². The van der Waals surface area contributed by atoms with Gasteiger partial charge in [-0.15, -0.1) is 0 Å². The highest BCUT2D eigenvalue weighted by Crippen LogP contribution is 2.44. The summed E-state index contributed by atoms with van der Waals surface area (Å²) in [6.07, 6.45) is 5.48. The quantitative estimate of drug-likeness (QED) is 0.387. The first-order valence-electron chi connectivity index (χ1n) is 12.4. The van der Waals surface area contributed by atoms with Crippen LogP contribution in [0.15, 0.2) is 41.0 Å². The summed E-state index contributed by atoms with van der Waals surface area (Å²) in [4.78, 5) is -0.301. The maximum absolute atomic E-state index is 13.2. The Balaban J connectivity index is 2.06. The number of primary sulfonamides is 2. The average Bonchev–Trinajstić information content (AvgIpc) is 2.85. The second kappa shape index (κ2) is 11.7. The van der Waals surface area contributed by atoms with Crippen LogP contribution < -0.4 is 10.3 Å². The van der Waals surface area contributed by atoms with Crippen molar-refractivity contribution in [2.24, 2.45) is 16.2 Å². The van der Waals surface area contributed by atoms with Gasteiger partial charge in [0.25, 0.3) is 0 Å². The Morgan fingerprint density at radius 1 is 1.17 bits per heavy atom. The van der Waals surface area contributed by atoms with Crippen molar-refractivity contribution >= 4 is 20.0 Å². The van der Waals surface area contributed by atoms with Gasteiger partial charge < -0.3 is 14.6 Å². The van der Waals surface area contributed by atoms with Crippen LogP contribution >= 0.6 is 0 Å². The van der Waals surface area contributed by atoms with E-state index in [1.807, 2.05) is 26.0 Å². The molecule has 1 aromatic carbocycles. The van der Waals surface area contributed by atoms with Crippen LogP contribution in [-0.2, 0) is 47.1 Å². The van der Waals surface area contributed by atoms with Crippen molar-refractivity contribution in [2.45, 2.75) is 69.6 Å². The summed E-state index contributed by atoms with van der Waals surface area (Å²) in [6, 6.07) is 5.40. The zero-order valence-electron chi connectivity index (χ0n) is 21.0. The Bertz CT molecular complexity index is 1200. The van der Waals surface area contributed by atoms with Crippen LogP contribution in [0.1, 0.15) is 62.6 Å². The highest BCUT2D eigenvalue weighted by Gasteiger charge is 2.47.